The number of benzene rings is 1. The summed E-state index contributed by atoms with van der Waals surface area (Å²) in [5.74, 6) is 0. The van der Waals surface area contributed by atoms with Gasteiger partial charge in [0.1, 0.15) is 6.61 Å². The lowest BCUT2D eigenvalue weighted by Crippen LogP contribution is -2.18. The van der Waals surface area contributed by atoms with Gasteiger partial charge >= 0.3 is 6.18 Å². The Morgan fingerprint density at radius 3 is 2.72 bits per heavy atom. The molecule has 0 saturated heterocycles. The lowest BCUT2D eigenvalue weighted by molar-refractivity contribution is -0.173. The fourth-order valence-electron chi connectivity index (χ4n) is 1.38. The Balaban J connectivity index is 2.20. The van der Waals surface area contributed by atoms with E-state index in [-0.39, 0.29) is 6.61 Å². The number of alkyl halides is 3. The Labute approximate surface area is 113 Å². The highest BCUT2D eigenvalue weighted by atomic mass is 79.9. The lowest BCUT2D eigenvalue weighted by atomic mass is 10.2. The summed E-state index contributed by atoms with van der Waals surface area (Å²) in [4.78, 5) is 0. The average molecular weight is 326 g/mol. The highest BCUT2D eigenvalue weighted by Crippen LogP contribution is 2.23. The minimum absolute atomic E-state index is 0.0968. The fourth-order valence-corrected chi connectivity index (χ4v) is 1.75. The molecule has 0 saturated carbocycles. The van der Waals surface area contributed by atoms with Gasteiger partial charge in [0.15, 0.2) is 0 Å². The normalized spacial score (nSPS) is 11.6. The van der Waals surface area contributed by atoms with Crippen molar-refractivity contribution in [2.75, 3.05) is 25.1 Å². The van der Waals surface area contributed by atoms with Gasteiger partial charge in [-0.1, -0.05) is 22.0 Å². The van der Waals surface area contributed by atoms with Crippen molar-refractivity contribution in [1.29, 1.82) is 0 Å². The van der Waals surface area contributed by atoms with Gasteiger partial charge in [-0.25, -0.2) is 0 Å². The maximum absolute atomic E-state index is 11.8. The van der Waals surface area contributed by atoms with Crippen LogP contribution in [0.5, 0.6) is 0 Å². The molecule has 0 aliphatic carbocycles. The molecule has 1 N–H and O–H groups in total. The van der Waals surface area contributed by atoms with Crippen LogP contribution in [-0.4, -0.2) is 25.9 Å². The molecule has 2 nitrogen and oxygen atoms in total. The zero-order valence-corrected chi connectivity index (χ0v) is 11.6. The van der Waals surface area contributed by atoms with E-state index in [0.717, 1.165) is 15.7 Å². The monoisotopic (exact) mass is 325 g/mol. The van der Waals surface area contributed by atoms with Crippen molar-refractivity contribution in [3.63, 3.8) is 0 Å². The summed E-state index contributed by atoms with van der Waals surface area (Å²) >= 11 is 3.41. The van der Waals surface area contributed by atoms with E-state index in [1.165, 1.54) is 0 Å². The summed E-state index contributed by atoms with van der Waals surface area (Å²) in [6.07, 6.45) is -3.71. The van der Waals surface area contributed by atoms with Crippen LogP contribution in [-0.2, 0) is 4.74 Å². The highest BCUT2D eigenvalue weighted by Gasteiger charge is 2.27. The first-order valence-electron chi connectivity index (χ1n) is 5.53. The lowest BCUT2D eigenvalue weighted by Gasteiger charge is -2.11. The number of nitrogens with one attached hydrogen (secondary N) is 1. The van der Waals surface area contributed by atoms with E-state index in [1.54, 1.807) is 0 Å². The number of anilines is 1. The molecule has 1 rings (SSSR count). The van der Waals surface area contributed by atoms with Gasteiger partial charge in [-0.05, 0) is 31.0 Å². The summed E-state index contributed by atoms with van der Waals surface area (Å²) in [6.45, 7) is 1.46. The van der Waals surface area contributed by atoms with Crippen molar-refractivity contribution in [2.45, 2.75) is 19.5 Å². The Kier molecular flexibility index (Phi) is 5.95. The zero-order chi connectivity index (χ0) is 13.6. The van der Waals surface area contributed by atoms with Crippen LogP contribution in [0, 0.1) is 6.92 Å². The van der Waals surface area contributed by atoms with E-state index in [9.17, 15) is 13.2 Å². The standard InChI is InChI=1S/C12H15BrF3NO/c1-9-10(13)4-2-5-11(9)17-6-3-7-18-8-12(14,15)16/h2,4-5,17H,3,6-8H2,1H3. The molecular weight excluding hydrogens is 311 g/mol. The number of halogens is 4. The third kappa shape index (κ3) is 5.73. The number of hydrogen-bond donors (Lipinski definition) is 1. The molecule has 0 aliphatic rings. The summed E-state index contributed by atoms with van der Waals surface area (Å²) < 4.78 is 40.9. The molecule has 0 amide bonds. The van der Waals surface area contributed by atoms with Crippen molar-refractivity contribution in [3.05, 3.63) is 28.2 Å². The van der Waals surface area contributed by atoms with Crippen molar-refractivity contribution in [3.8, 4) is 0 Å². The molecule has 18 heavy (non-hydrogen) atoms. The minimum atomic E-state index is -4.24. The Bertz CT molecular complexity index is 382. The van der Waals surface area contributed by atoms with Crippen LogP contribution in [0.1, 0.15) is 12.0 Å². The van der Waals surface area contributed by atoms with Gasteiger partial charge in [0.25, 0.3) is 0 Å². The highest BCUT2D eigenvalue weighted by molar-refractivity contribution is 9.10. The molecule has 0 bridgehead atoms. The molecule has 1 aromatic rings. The van der Waals surface area contributed by atoms with E-state index in [1.807, 2.05) is 25.1 Å². The van der Waals surface area contributed by atoms with Gasteiger partial charge in [-0.2, -0.15) is 13.2 Å². The topological polar surface area (TPSA) is 21.3 Å². The minimum Gasteiger partial charge on any atom is -0.385 e. The second-order valence-corrected chi connectivity index (χ2v) is 4.71. The second-order valence-electron chi connectivity index (χ2n) is 3.86. The second kappa shape index (κ2) is 6.99. The first-order valence-corrected chi connectivity index (χ1v) is 6.33. The maximum Gasteiger partial charge on any atom is 0.411 e. The van der Waals surface area contributed by atoms with Crippen LogP contribution in [0.15, 0.2) is 22.7 Å². The van der Waals surface area contributed by atoms with E-state index < -0.39 is 12.8 Å². The van der Waals surface area contributed by atoms with Crippen molar-refractivity contribution >= 4 is 21.6 Å². The van der Waals surface area contributed by atoms with Crippen LogP contribution in [0.25, 0.3) is 0 Å². The maximum atomic E-state index is 11.8. The van der Waals surface area contributed by atoms with E-state index in [0.29, 0.717) is 13.0 Å². The fraction of sp³-hybridized carbons (Fsp3) is 0.500. The van der Waals surface area contributed by atoms with Crippen LogP contribution >= 0.6 is 15.9 Å². The van der Waals surface area contributed by atoms with Gasteiger partial charge in [0, 0.05) is 23.3 Å². The summed E-state index contributed by atoms with van der Waals surface area (Å²) in [5.41, 5.74) is 2.05. The van der Waals surface area contributed by atoms with Gasteiger partial charge < -0.3 is 10.1 Å². The molecule has 0 atom stereocenters. The average Bonchev–Trinajstić information content (AvgIpc) is 2.27. The Morgan fingerprint density at radius 2 is 2.06 bits per heavy atom. The van der Waals surface area contributed by atoms with Crippen molar-refractivity contribution < 1.29 is 17.9 Å². The van der Waals surface area contributed by atoms with Gasteiger partial charge in [-0.3, -0.25) is 0 Å². The van der Waals surface area contributed by atoms with Gasteiger partial charge in [-0.15, -0.1) is 0 Å². The van der Waals surface area contributed by atoms with Crippen LogP contribution in [0.4, 0.5) is 18.9 Å². The predicted molar refractivity (Wildman–Crippen MR) is 68.9 cm³/mol. The number of hydrogen-bond acceptors (Lipinski definition) is 2. The Morgan fingerprint density at radius 1 is 1.33 bits per heavy atom. The number of rotatable bonds is 6. The zero-order valence-electron chi connectivity index (χ0n) is 9.98. The summed E-state index contributed by atoms with van der Waals surface area (Å²) in [7, 11) is 0. The van der Waals surface area contributed by atoms with E-state index in [4.69, 9.17) is 0 Å². The molecule has 0 unspecified atom stereocenters. The number of ether oxygens (including phenoxy) is 1. The molecule has 0 aromatic heterocycles. The SMILES string of the molecule is Cc1c(Br)cccc1NCCCOCC(F)(F)F. The van der Waals surface area contributed by atoms with Gasteiger partial charge in [0.2, 0.25) is 0 Å². The van der Waals surface area contributed by atoms with Crippen molar-refractivity contribution in [1.82, 2.24) is 0 Å². The van der Waals surface area contributed by atoms with Crippen LogP contribution < -0.4 is 5.32 Å². The smallest absolute Gasteiger partial charge is 0.385 e. The first-order chi connectivity index (χ1) is 8.40. The van der Waals surface area contributed by atoms with E-state index >= 15 is 0 Å². The molecule has 0 spiro atoms. The van der Waals surface area contributed by atoms with Gasteiger partial charge in [0.05, 0.1) is 0 Å². The molecule has 0 fully saturated rings. The largest absolute Gasteiger partial charge is 0.411 e. The predicted octanol–water partition coefficient (Wildman–Crippen LogP) is 4.14. The van der Waals surface area contributed by atoms with Crippen molar-refractivity contribution in [2.24, 2.45) is 0 Å². The summed E-state index contributed by atoms with van der Waals surface area (Å²) in [6, 6.07) is 5.77. The third-order valence-corrected chi connectivity index (χ3v) is 3.17. The molecule has 0 aliphatic heterocycles. The Hall–Kier alpha value is -0.750. The first kappa shape index (κ1) is 15.3. The van der Waals surface area contributed by atoms with E-state index in [2.05, 4.69) is 26.0 Å². The molecule has 0 radical (unpaired) electrons. The molecule has 6 heteroatoms. The molecule has 0 heterocycles. The third-order valence-electron chi connectivity index (χ3n) is 2.31. The van der Waals surface area contributed by atoms with Crippen LogP contribution in [0.3, 0.4) is 0 Å². The quantitative estimate of drug-likeness (QED) is 0.794. The summed E-state index contributed by atoms with van der Waals surface area (Å²) in [5, 5.41) is 3.16. The molecular formula is C12H15BrF3NO. The molecule has 1 aromatic carbocycles. The molecule has 102 valence electrons. The van der Waals surface area contributed by atoms with Crippen LogP contribution in [0.2, 0.25) is 0 Å².